The van der Waals surface area contributed by atoms with Crippen molar-refractivity contribution in [3.05, 3.63) is 0 Å². The maximum absolute atomic E-state index is 11.9. The standard InChI is InChI=1S/C13H26F3NO/c1-3-5-6-7-12(17-9-4-2)8-10-18-11-13(14,15)16/h12,17H,3-11H2,1-2H3. The third kappa shape index (κ3) is 12.2. The van der Waals surface area contributed by atoms with E-state index in [-0.39, 0.29) is 12.6 Å². The first-order chi connectivity index (χ1) is 8.49. The van der Waals surface area contributed by atoms with Gasteiger partial charge in [-0.1, -0.05) is 33.1 Å². The van der Waals surface area contributed by atoms with E-state index in [9.17, 15) is 13.2 Å². The molecule has 0 heterocycles. The average Bonchev–Trinajstić information content (AvgIpc) is 2.29. The zero-order valence-electron chi connectivity index (χ0n) is 11.5. The summed E-state index contributed by atoms with van der Waals surface area (Å²) >= 11 is 0. The van der Waals surface area contributed by atoms with Crippen molar-refractivity contribution >= 4 is 0 Å². The minimum Gasteiger partial charge on any atom is -0.372 e. The van der Waals surface area contributed by atoms with Crippen molar-refractivity contribution in [2.24, 2.45) is 0 Å². The SMILES string of the molecule is CCCCCC(CCOCC(F)(F)F)NCCC. The molecule has 0 fully saturated rings. The number of hydrogen-bond donors (Lipinski definition) is 1. The van der Waals surface area contributed by atoms with Crippen LogP contribution in [0.3, 0.4) is 0 Å². The Bertz CT molecular complexity index is 186. The largest absolute Gasteiger partial charge is 0.411 e. The number of unbranched alkanes of at least 4 members (excludes halogenated alkanes) is 2. The smallest absolute Gasteiger partial charge is 0.372 e. The van der Waals surface area contributed by atoms with E-state index in [0.29, 0.717) is 6.42 Å². The highest BCUT2D eigenvalue weighted by Gasteiger charge is 2.27. The molecule has 0 aromatic rings. The van der Waals surface area contributed by atoms with Crippen LogP contribution >= 0.6 is 0 Å². The average molecular weight is 269 g/mol. The van der Waals surface area contributed by atoms with E-state index in [2.05, 4.69) is 23.9 Å². The van der Waals surface area contributed by atoms with Gasteiger partial charge in [-0.15, -0.1) is 0 Å². The number of nitrogens with one attached hydrogen (secondary N) is 1. The maximum Gasteiger partial charge on any atom is 0.411 e. The van der Waals surface area contributed by atoms with E-state index in [1.807, 2.05) is 0 Å². The van der Waals surface area contributed by atoms with Crippen LogP contribution < -0.4 is 5.32 Å². The molecule has 0 aromatic heterocycles. The number of alkyl halides is 3. The second-order valence-corrected chi connectivity index (χ2v) is 4.60. The zero-order valence-corrected chi connectivity index (χ0v) is 11.5. The second-order valence-electron chi connectivity index (χ2n) is 4.60. The summed E-state index contributed by atoms with van der Waals surface area (Å²) in [5.41, 5.74) is 0. The van der Waals surface area contributed by atoms with Gasteiger partial charge in [0, 0.05) is 12.6 Å². The van der Waals surface area contributed by atoms with Crippen molar-refractivity contribution in [1.82, 2.24) is 5.32 Å². The van der Waals surface area contributed by atoms with Gasteiger partial charge >= 0.3 is 6.18 Å². The third-order valence-corrected chi connectivity index (χ3v) is 2.72. The molecule has 0 rings (SSSR count). The topological polar surface area (TPSA) is 21.3 Å². The van der Waals surface area contributed by atoms with Crippen LogP contribution in [0.2, 0.25) is 0 Å². The van der Waals surface area contributed by atoms with Gasteiger partial charge in [-0.3, -0.25) is 0 Å². The van der Waals surface area contributed by atoms with Crippen LogP contribution in [-0.2, 0) is 4.74 Å². The Morgan fingerprint density at radius 1 is 1.06 bits per heavy atom. The first-order valence-corrected chi connectivity index (χ1v) is 6.87. The van der Waals surface area contributed by atoms with Crippen LogP contribution in [-0.4, -0.2) is 32.0 Å². The van der Waals surface area contributed by atoms with E-state index in [4.69, 9.17) is 0 Å². The summed E-state index contributed by atoms with van der Waals surface area (Å²) in [6.07, 6.45) is 1.95. The van der Waals surface area contributed by atoms with Crippen LogP contribution in [0.15, 0.2) is 0 Å². The molecule has 0 aliphatic carbocycles. The number of halogens is 3. The number of rotatable bonds is 11. The van der Waals surface area contributed by atoms with Gasteiger partial charge in [0.1, 0.15) is 6.61 Å². The number of ether oxygens (including phenoxy) is 1. The molecule has 0 aromatic carbocycles. The van der Waals surface area contributed by atoms with Gasteiger partial charge in [0.25, 0.3) is 0 Å². The minimum atomic E-state index is -4.21. The molecule has 0 saturated heterocycles. The molecule has 0 radical (unpaired) electrons. The first-order valence-electron chi connectivity index (χ1n) is 6.87. The lowest BCUT2D eigenvalue weighted by Gasteiger charge is -2.18. The van der Waals surface area contributed by atoms with E-state index in [0.717, 1.165) is 32.2 Å². The zero-order chi connectivity index (χ0) is 13.9. The Labute approximate surface area is 108 Å². The molecule has 0 amide bonds. The van der Waals surface area contributed by atoms with Crippen molar-refractivity contribution in [1.29, 1.82) is 0 Å². The summed E-state index contributed by atoms with van der Waals surface area (Å²) in [6.45, 7) is 4.17. The van der Waals surface area contributed by atoms with Gasteiger partial charge in [-0.25, -0.2) is 0 Å². The first kappa shape index (κ1) is 17.7. The van der Waals surface area contributed by atoms with Crippen molar-refractivity contribution in [2.45, 2.75) is 64.6 Å². The summed E-state index contributed by atoms with van der Waals surface area (Å²) in [5.74, 6) is 0. The van der Waals surface area contributed by atoms with E-state index < -0.39 is 12.8 Å². The molecule has 0 aliphatic rings. The molecule has 0 bridgehead atoms. The predicted octanol–water partition coefficient (Wildman–Crippen LogP) is 3.90. The van der Waals surface area contributed by atoms with E-state index in [1.54, 1.807) is 0 Å². The van der Waals surface area contributed by atoms with E-state index in [1.165, 1.54) is 6.42 Å². The summed E-state index contributed by atoms with van der Waals surface area (Å²) < 4.78 is 40.3. The van der Waals surface area contributed by atoms with Crippen LogP contribution in [0.1, 0.15) is 52.4 Å². The van der Waals surface area contributed by atoms with Gasteiger partial charge in [-0.05, 0) is 25.8 Å². The molecule has 5 heteroatoms. The van der Waals surface area contributed by atoms with Gasteiger partial charge in [0.2, 0.25) is 0 Å². The van der Waals surface area contributed by atoms with Crippen LogP contribution in [0.25, 0.3) is 0 Å². The normalized spacial score (nSPS) is 13.8. The monoisotopic (exact) mass is 269 g/mol. The molecule has 0 spiro atoms. The lowest BCUT2D eigenvalue weighted by atomic mass is 10.1. The molecule has 0 saturated carbocycles. The molecular formula is C13H26F3NO. The molecule has 1 unspecified atom stereocenters. The molecule has 110 valence electrons. The molecule has 18 heavy (non-hydrogen) atoms. The lowest BCUT2D eigenvalue weighted by molar-refractivity contribution is -0.174. The summed E-state index contributed by atoms with van der Waals surface area (Å²) in [5, 5.41) is 3.36. The Kier molecular flexibility index (Phi) is 10.4. The van der Waals surface area contributed by atoms with Gasteiger partial charge in [-0.2, -0.15) is 13.2 Å². The van der Waals surface area contributed by atoms with Crippen LogP contribution in [0.4, 0.5) is 13.2 Å². The Balaban J connectivity index is 3.71. The van der Waals surface area contributed by atoms with Gasteiger partial charge < -0.3 is 10.1 Å². The molecule has 0 aliphatic heterocycles. The fourth-order valence-electron chi connectivity index (χ4n) is 1.75. The van der Waals surface area contributed by atoms with Crippen LogP contribution in [0.5, 0.6) is 0 Å². The summed E-state index contributed by atoms with van der Waals surface area (Å²) in [6, 6.07) is 0.282. The maximum atomic E-state index is 11.9. The van der Waals surface area contributed by atoms with Crippen LogP contribution in [0, 0.1) is 0 Å². The molecule has 1 N–H and O–H groups in total. The lowest BCUT2D eigenvalue weighted by Crippen LogP contribution is -2.31. The van der Waals surface area contributed by atoms with Crippen molar-refractivity contribution < 1.29 is 17.9 Å². The van der Waals surface area contributed by atoms with Gasteiger partial charge in [0.15, 0.2) is 0 Å². The van der Waals surface area contributed by atoms with Gasteiger partial charge in [0.05, 0.1) is 0 Å². The predicted molar refractivity (Wildman–Crippen MR) is 67.7 cm³/mol. The number of hydrogen-bond acceptors (Lipinski definition) is 2. The van der Waals surface area contributed by atoms with Crippen molar-refractivity contribution in [3.63, 3.8) is 0 Å². The summed E-state index contributed by atoms with van der Waals surface area (Å²) in [4.78, 5) is 0. The third-order valence-electron chi connectivity index (χ3n) is 2.72. The highest BCUT2D eigenvalue weighted by molar-refractivity contribution is 4.66. The fraction of sp³-hybridized carbons (Fsp3) is 1.00. The highest BCUT2D eigenvalue weighted by atomic mass is 19.4. The van der Waals surface area contributed by atoms with Crippen molar-refractivity contribution in [3.8, 4) is 0 Å². The quantitative estimate of drug-likeness (QED) is 0.574. The van der Waals surface area contributed by atoms with Crippen molar-refractivity contribution in [2.75, 3.05) is 19.8 Å². The fourth-order valence-corrected chi connectivity index (χ4v) is 1.75. The Morgan fingerprint density at radius 3 is 2.33 bits per heavy atom. The Hall–Kier alpha value is -0.290. The second kappa shape index (κ2) is 10.6. The summed E-state index contributed by atoms with van der Waals surface area (Å²) in [7, 11) is 0. The molecule has 1 atom stereocenters. The Morgan fingerprint density at radius 2 is 1.78 bits per heavy atom. The van der Waals surface area contributed by atoms with E-state index >= 15 is 0 Å². The molecular weight excluding hydrogens is 243 g/mol. The molecule has 2 nitrogen and oxygen atoms in total. The highest BCUT2D eigenvalue weighted by Crippen LogP contribution is 2.15. The minimum absolute atomic E-state index is 0.174.